The van der Waals surface area contributed by atoms with Crippen LogP contribution in [-0.2, 0) is 24.0 Å². The minimum absolute atomic E-state index is 0.433. The molecule has 4 atom stereocenters. The van der Waals surface area contributed by atoms with E-state index >= 15 is 0 Å². The van der Waals surface area contributed by atoms with E-state index in [0.29, 0.717) is 6.42 Å². The zero-order valence-electron chi connectivity index (χ0n) is 13.9. The molecule has 0 unspecified atom stereocenters. The minimum Gasteiger partial charge on any atom is -0.481 e. The number of carbonyl (C=O) groups excluding carboxylic acids is 2. The van der Waals surface area contributed by atoms with Crippen molar-refractivity contribution in [3.63, 3.8) is 0 Å². The zero-order chi connectivity index (χ0) is 19.7. The summed E-state index contributed by atoms with van der Waals surface area (Å²) in [5.74, 6) is -6.53. The van der Waals surface area contributed by atoms with Gasteiger partial charge in [-0.2, -0.15) is 0 Å². The van der Waals surface area contributed by atoms with Crippen molar-refractivity contribution in [2.24, 2.45) is 11.7 Å². The first-order valence-corrected chi connectivity index (χ1v) is 7.52. The third kappa shape index (κ3) is 8.11. The molecule has 25 heavy (non-hydrogen) atoms. The first-order chi connectivity index (χ1) is 11.5. The van der Waals surface area contributed by atoms with Crippen molar-refractivity contribution in [2.45, 2.75) is 51.2 Å². The molecule has 2 amide bonds. The lowest BCUT2D eigenvalue weighted by Gasteiger charge is -2.24. The van der Waals surface area contributed by atoms with Gasteiger partial charge in [0.1, 0.15) is 12.1 Å². The highest BCUT2D eigenvalue weighted by atomic mass is 16.4. The number of carbonyl (C=O) groups is 5. The van der Waals surface area contributed by atoms with Crippen LogP contribution in [0.4, 0.5) is 0 Å². The molecule has 0 aliphatic rings. The van der Waals surface area contributed by atoms with Crippen LogP contribution in [0.25, 0.3) is 0 Å². The lowest BCUT2D eigenvalue weighted by atomic mass is 9.98. The molecule has 0 heterocycles. The van der Waals surface area contributed by atoms with E-state index in [1.165, 1.54) is 0 Å². The summed E-state index contributed by atoms with van der Waals surface area (Å²) in [4.78, 5) is 56.6. The minimum atomic E-state index is -1.59. The highest BCUT2D eigenvalue weighted by Crippen LogP contribution is 2.09. The Morgan fingerprint density at radius 1 is 0.920 bits per heavy atom. The van der Waals surface area contributed by atoms with Gasteiger partial charge in [0.15, 0.2) is 0 Å². The Bertz CT molecular complexity index is 536. The van der Waals surface area contributed by atoms with E-state index in [-0.39, 0.29) is 0 Å². The number of carboxylic acid groups (broad SMARTS) is 3. The summed E-state index contributed by atoms with van der Waals surface area (Å²) in [7, 11) is 0. The second kappa shape index (κ2) is 10.2. The summed E-state index contributed by atoms with van der Waals surface area (Å²) in [6.07, 6.45) is -1.08. The van der Waals surface area contributed by atoms with Crippen molar-refractivity contribution < 1.29 is 39.3 Å². The molecule has 0 aliphatic heterocycles. The molecule has 11 nitrogen and oxygen atoms in total. The number of nitrogens with two attached hydrogens (primary N) is 1. The van der Waals surface area contributed by atoms with Crippen LogP contribution in [0.1, 0.15) is 33.1 Å². The highest BCUT2D eigenvalue weighted by Gasteiger charge is 2.31. The summed E-state index contributed by atoms with van der Waals surface area (Å²) < 4.78 is 0. The summed E-state index contributed by atoms with van der Waals surface area (Å²) in [5, 5.41) is 30.8. The van der Waals surface area contributed by atoms with Gasteiger partial charge in [-0.3, -0.25) is 19.2 Å². The summed E-state index contributed by atoms with van der Waals surface area (Å²) in [6, 6.07) is -4.33. The van der Waals surface area contributed by atoms with Crippen molar-refractivity contribution >= 4 is 29.7 Å². The maximum Gasteiger partial charge on any atom is 0.326 e. The van der Waals surface area contributed by atoms with E-state index in [1.807, 2.05) is 5.32 Å². The normalized spacial score (nSPS) is 15.3. The van der Waals surface area contributed by atoms with Crippen LogP contribution in [0.15, 0.2) is 0 Å². The van der Waals surface area contributed by atoms with Gasteiger partial charge in [0, 0.05) is 0 Å². The Kier molecular flexibility index (Phi) is 9.13. The standard InChI is InChI=1S/C14H23N3O8/c1-3-6(2)11(14(24)25)17-13(23)8(5-10(20)21)16-12(22)7(15)4-9(18)19/h6-8,11H,3-5,15H2,1-2H3,(H,16,22)(H,17,23)(H,18,19)(H,20,21)(H,24,25)/t6-,7-,8-,11-/m0/s1. The topological polar surface area (TPSA) is 196 Å². The van der Waals surface area contributed by atoms with Crippen molar-refractivity contribution in [3.8, 4) is 0 Å². The van der Waals surface area contributed by atoms with Gasteiger partial charge in [-0.15, -0.1) is 0 Å². The van der Waals surface area contributed by atoms with Crippen LogP contribution in [0.3, 0.4) is 0 Å². The smallest absolute Gasteiger partial charge is 0.326 e. The molecule has 0 bridgehead atoms. The van der Waals surface area contributed by atoms with Crippen LogP contribution in [0.5, 0.6) is 0 Å². The van der Waals surface area contributed by atoms with Gasteiger partial charge in [-0.05, 0) is 5.92 Å². The van der Waals surface area contributed by atoms with Gasteiger partial charge in [-0.25, -0.2) is 4.79 Å². The predicted molar refractivity (Wildman–Crippen MR) is 83.4 cm³/mol. The van der Waals surface area contributed by atoms with Crippen molar-refractivity contribution in [2.75, 3.05) is 0 Å². The Balaban J connectivity index is 5.14. The van der Waals surface area contributed by atoms with E-state index in [9.17, 15) is 24.0 Å². The van der Waals surface area contributed by atoms with Gasteiger partial charge in [0.2, 0.25) is 11.8 Å². The number of hydrogen-bond acceptors (Lipinski definition) is 6. The quantitative estimate of drug-likeness (QED) is 0.250. The van der Waals surface area contributed by atoms with Crippen LogP contribution < -0.4 is 16.4 Å². The van der Waals surface area contributed by atoms with Crippen LogP contribution in [0, 0.1) is 5.92 Å². The largest absolute Gasteiger partial charge is 0.481 e. The number of hydrogen-bond donors (Lipinski definition) is 6. The third-order valence-electron chi connectivity index (χ3n) is 3.52. The molecule has 0 radical (unpaired) electrons. The molecule has 7 N–H and O–H groups in total. The average molecular weight is 361 g/mol. The molecular weight excluding hydrogens is 338 g/mol. The first-order valence-electron chi connectivity index (χ1n) is 7.52. The van der Waals surface area contributed by atoms with Crippen LogP contribution in [0.2, 0.25) is 0 Å². The second-order valence-electron chi connectivity index (χ2n) is 5.57. The Morgan fingerprint density at radius 3 is 1.84 bits per heavy atom. The van der Waals surface area contributed by atoms with Gasteiger partial charge >= 0.3 is 17.9 Å². The number of nitrogens with one attached hydrogen (secondary N) is 2. The maximum atomic E-state index is 12.2. The van der Waals surface area contributed by atoms with Crippen molar-refractivity contribution in [1.29, 1.82) is 0 Å². The number of amides is 2. The van der Waals surface area contributed by atoms with Crippen molar-refractivity contribution in [1.82, 2.24) is 10.6 Å². The Morgan fingerprint density at radius 2 is 1.44 bits per heavy atom. The molecule has 0 saturated heterocycles. The molecule has 0 aromatic rings. The monoisotopic (exact) mass is 361 g/mol. The average Bonchev–Trinajstić information content (AvgIpc) is 2.49. The van der Waals surface area contributed by atoms with Gasteiger partial charge < -0.3 is 31.7 Å². The van der Waals surface area contributed by atoms with E-state index in [2.05, 4.69) is 5.32 Å². The number of carboxylic acids is 3. The molecule has 0 aromatic heterocycles. The molecule has 0 spiro atoms. The highest BCUT2D eigenvalue weighted by molar-refractivity contribution is 5.94. The summed E-state index contributed by atoms with van der Waals surface area (Å²) in [5.41, 5.74) is 5.35. The number of aliphatic carboxylic acids is 3. The number of rotatable bonds is 11. The Labute approximate surface area is 143 Å². The summed E-state index contributed by atoms with van der Waals surface area (Å²) >= 11 is 0. The lowest BCUT2D eigenvalue weighted by molar-refractivity contribution is -0.145. The fourth-order valence-electron chi connectivity index (χ4n) is 1.88. The molecule has 0 aliphatic carbocycles. The second-order valence-corrected chi connectivity index (χ2v) is 5.57. The van der Waals surface area contributed by atoms with Gasteiger partial charge in [0.05, 0.1) is 18.9 Å². The lowest BCUT2D eigenvalue weighted by Crippen LogP contribution is -2.56. The first kappa shape index (κ1) is 22.3. The van der Waals surface area contributed by atoms with Crippen LogP contribution in [-0.4, -0.2) is 63.2 Å². The third-order valence-corrected chi connectivity index (χ3v) is 3.52. The van der Waals surface area contributed by atoms with E-state index in [1.54, 1.807) is 13.8 Å². The fourth-order valence-corrected chi connectivity index (χ4v) is 1.88. The van der Waals surface area contributed by atoms with Crippen molar-refractivity contribution in [3.05, 3.63) is 0 Å². The molecule has 11 heteroatoms. The SMILES string of the molecule is CC[C@H](C)[C@H](NC(=O)[C@H](CC(=O)O)NC(=O)[C@@H](N)CC(=O)O)C(=O)O. The molecular formula is C14H23N3O8. The molecule has 0 aromatic carbocycles. The van der Waals surface area contributed by atoms with Gasteiger partial charge in [-0.1, -0.05) is 20.3 Å². The van der Waals surface area contributed by atoms with E-state index in [0.717, 1.165) is 0 Å². The zero-order valence-corrected chi connectivity index (χ0v) is 13.9. The maximum absolute atomic E-state index is 12.2. The predicted octanol–water partition coefficient (Wildman–Crippen LogP) is -1.64. The molecule has 0 saturated carbocycles. The molecule has 0 rings (SSSR count). The molecule has 0 fully saturated rings. The van der Waals surface area contributed by atoms with E-state index in [4.69, 9.17) is 21.1 Å². The molecule has 142 valence electrons. The summed E-state index contributed by atoms with van der Waals surface area (Å²) in [6.45, 7) is 3.31. The fraction of sp³-hybridized carbons (Fsp3) is 0.643. The van der Waals surface area contributed by atoms with E-state index < -0.39 is 66.6 Å². The Hall–Kier alpha value is -2.69. The van der Waals surface area contributed by atoms with Gasteiger partial charge in [0.25, 0.3) is 0 Å². The van der Waals surface area contributed by atoms with Crippen LogP contribution >= 0.6 is 0 Å².